The summed E-state index contributed by atoms with van der Waals surface area (Å²) in [5.41, 5.74) is 7.22. The highest BCUT2D eigenvalue weighted by Gasteiger charge is 2.70. The summed E-state index contributed by atoms with van der Waals surface area (Å²) in [5, 5.41) is 6.06. The van der Waals surface area contributed by atoms with E-state index in [2.05, 4.69) is 10.6 Å². The first-order valence-corrected chi connectivity index (χ1v) is 10.7. The second-order valence-electron chi connectivity index (χ2n) is 8.80. The van der Waals surface area contributed by atoms with Gasteiger partial charge in [-0.15, -0.1) is 0 Å². The van der Waals surface area contributed by atoms with Crippen molar-refractivity contribution in [1.29, 1.82) is 0 Å². The molecule has 3 aliphatic heterocycles. The van der Waals surface area contributed by atoms with Gasteiger partial charge in [0.2, 0.25) is 23.6 Å². The number of hydrogen-bond acceptors (Lipinski definition) is 5. The van der Waals surface area contributed by atoms with Crippen LogP contribution in [0.4, 0.5) is 5.69 Å². The van der Waals surface area contributed by atoms with Crippen LogP contribution < -0.4 is 16.4 Å². The third-order valence-corrected chi connectivity index (χ3v) is 6.85. The molecule has 0 aromatic heterocycles. The van der Waals surface area contributed by atoms with Gasteiger partial charge in [0.1, 0.15) is 5.54 Å². The molecule has 4 amide bonds. The SMILES string of the molecule is Cc1ccc2c(c1)C1(NC(CC(N)=O)C3C(=O)N(CCc4ccccc4)C(=O)C31)C(=O)N2. The molecule has 0 radical (unpaired) electrons. The Hall–Kier alpha value is -3.52. The van der Waals surface area contributed by atoms with Gasteiger partial charge in [0.05, 0.1) is 11.8 Å². The number of benzene rings is 2. The van der Waals surface area contributed by atoms with E-state index in [4.69, 9.17) is 5.73 Å². The number of amides is 4. The number of primary amides is 1. The maximum Gasteiger partial charge on any atom is 0.250 e. The molecule has 4 unspecified atom stereocenters. The van der Waals surface area contributed by atoms with E-state index in [1.54, 1.807) is 6.07 Å². The van der Waals surface area contributed by atoms with Crippen molar-refractivity contribution < 1.29 is 19.2 Å². The summed E-state index contributed by atoms with van der Waals surface area (Å²) in [5.74, 6) is -3.49. The van der Waals surface area contributed by atoms with E-state index >= 15 is 0 Å². The van der Waals surface area contributed by atoms with Crippen LogP contribution >= 0.6 is 0 Å². The molecular formula is C24H24N4O4. The molecule has 0 aliphatic carbocycles. The predicted molar refractivity (Wildman–Crippen MR) is 116 cm³/mol. The molecule has 3 heterocycles. The fraction of sp³-hybridized carbons (Fsp3) is 0.333. The summed E-state index contributed by atoms with van der Waals surface area (Å²) >= 11 is 0. The minimum Gasteiger partial charge on any atom is -0.370 e. The molecule has 8 nitrogen and oxygen atoms in total. The highest BCUT2D eigenvalue weighted by Crippen LogP contribution is 2.53. The lowest BCUT2D eigenvalue weighted by molar-refractivity contribution is -0.142. The molecule has 0 bridgehead atoms. The van der Waals surface area contributed by atoms with Crippen LogP contribution in [-0.2, 0) is 31.1 Å². The normalized spacial score (nSPS) is 28.2. The second kappa shape index (κ2) is 7.27. The van der Waals surface area contributed by atoms with Gasteiger partial charge in [0.25, 0.3) is 0 Å². The second-order valence-corrected chi connectivity index (χ2v) is 8.80. The Bertz CT molecular complexity index is 1150. The van der Waals surface area contributed by atoms with Crippen LogP contribution in [0.3, 0.4) is 0 Å². The maximum absolute atomic E-state index is 13.6. The van der Waals surface area contributed by atoms with E-state index in [9.17, 15) is 19.2 Å². The topological polar surface area (TPSA) is 122 Å². The van der Waals surface area contributed by atoms with Gasteiger partial charge in [-0.05, 0) is 25.0 Å². The van der Waals surface area contributed by atoms with Gasteiger partial charge in [0.15, 0.2) is 0 Å². The van der Waals surface area contributed by atoms with E-state index in [1.165, 1.54) is 4.90 Å². The van der Waals surface area contributed by atoms with E-state index in [0.29, 0.717) is 17.7 Å². The molecule has 2 saturated heterocycles. The average Bonchev–Trinajstić information content (AvgIpc) is 3.32. The largest absolute Gasteiger partial charge is 0.370 e. The van der Waals surface area contributed by atoms with E-state index in [-0.39, 0.29) is 30.7 Å². The number of hydrogen-bond donors (Lipinski definition) is 3. The summed E-state index contributed by atoms with van der Waals surface area (Å²) in [6.45, 7) is 2.12. The van der Waals surface area contributed by atoms with Crippen molar-refractivity contribution in [3.8, 4) is 0 Å². The number of fused-ring (bicyclic) bond motifs is 4. The molecule has 4 N–H and O–H groups in total. The predicted octanol–water partition coefficient (Wildman–Crippen LogP) is 0.834. The smallest absolute Gasteiger partial charge is 0.250 e. The van der Waals surface area contributed by atoms with Gasteiger partial charge in [-0.1, -0.05) is 48.0 Å². The first kappa shape index (κ1) is 20.4. The molecule has 8 heteroatoms. The van der Waals surface area contributed by atoms with Crippen LogP contribution in [0.5, 0.6) is 0 Å². The Labute approximate surface area is 185 Å². The van der Waals surface area contributed by atoms with Gasteiger partial charge >= 0.3 is 0 Å². The minimum atomic E-state index is -1.40. The first-order valence-electron chi connectivity index (χ1n) is 10.7. The Morgan fingerprint density at radius 1 is 1.09 bits per heavy atom. The van der Waals surface area contributed by atoms with Crippen LogP contribution in [0.1, 0.15) is 23.1 Å². The summed E-state index contributed by atoms with van der Waals surface area (Å²) < 4.78 is 0. The van der Waals surface area contributed by atoms with Crippen molar-refractivity contribution in [2.45, 2.75) is 31.3 Å². The Kier molecular flexibility index (Phi) is 4.63. The summed E-state index contributed by atoms with van der Waals surface area (Å²) in [4.78, 5) is 53.4. The fourth-order valence-electron chi connectivity index (χ4n) is 5.47. The molecule has 1 spiro atoms. The Morgan fingerprint density at radius 2 is 1.84 bits per heavy atom. The zero-order valence-electron chi connectivity index (χ0n) is 17.6. The van der Waals surface area contributed by atoms with Crippen LogP contribution in [0.15, 0.2) is 48.5 Å². The maximum atomic E-state index is 13.6. The molecule has 3 aliphatic rings. The van der Waals surface area contributed by atoms with Crippen molar-refractivity contribution in [2.24, 2.45) is 17.6 Å². The van der Waals surface area contributed by atoms with Gasteiger partial charge < -0.3 is 11.1 Å². The van der Waals surface area contributed by atoms with Crippen molar-refractivity contribution >= 4 is 29.3 Å². The Balaban J connectivity index is 1.55. The molecule has 2 fully saturated rings. The van der Waals surface area contributed by atoms with Crippen molar-refractivity contribution in [2.75, 3.05) is 11.9 Å². The van der Waals surface area contributed by atoms with Gasteiger partial charge in [-0.2, -0.15) is 0 Å². The number of likely N-dealkylation sites (tertiary alicyclic amines) is 1. The number of imide groups is 1. The molecule has 32 heavy (non-hydrogen) atoms. The third kappa shape index (κ3) is 2.86. The number of carbonyl (C=O) groups excluding carboxylic acids is 4. The lowest BCUT2D eigenvalue weighted by atomic mass is 9.76. The minimum absolute atomic E-state index is 0.136. The highest BCUT2D eigenvalue weighted by atomic mass is 16.2. The summed E-state index contributed by atoms with van der Waals surface area (Å²) in [7, 11) is 0. The number of nitrogens with zero attached hydrogens (tertiary/aromatic N) is 1. The summed E-state index contributed by atoms with van der Waals surface area (Å²) in [6.07, 6.45) is 0.378. The molecule has 5 rings (SSSR count). The number of rotatable bonds is 5. The Morgan fingerprint density at radius 3 is 2.56 bits per heavy atom. The standard InChI is InChI=1S/C24H24N4O4/c1-13-7-8-16-15(11-13)24(23(32)26-16)20-19(17(27-24)12-18(25)29)21(30)28(22(20)31)10-9-14-5-3-2-4-6-14/h2-8,11,17,19-20,27H,9-10,12H2,1H3,(H2,25,29)(H,26,32). The average molecular weight is 432 g/mol. The van der Waals surface area contributed by atoms with Crippen LogP contribution in [0, 0.1) is 18.8 Å². The zero-order chi connectivity index (χ0) is 22.6. The molecule has 164 valence electrons. The lowest BCUT2D eigenvalue weighted by Gasteiger charge is -2.29. The zero-order valence-corrected chi connectivity index (χ0v) is 17.6. The highest BCUT2D eigenvalue weighted by molar-refractivity contribution is 6.15. The molecule has 0 saturated carbocycles. The van der Waals surface area contributed by atoms with Gasteiger partial charge in [-0.3, -0.25) is 29.4 Å². The van der Waals surface area contributed by atoms with Crippen LogP contribution in [-0.4, -0.2) is 41.1 Å². The number of carbonyl (C=O) groups is 4. The van der Waals surface area contributed by atoms with Crippen molar-refractivity contribution in [1.82, 2.24) is 10.2 Å². The first-order chi connectivity index (χ1) is 15.3. The molecular weight excluding hydrogens is 408 g/mol. The molecule has 2 aromatic rings. The molecule has 4 atom stereocenters. The van der Waals surface area contributed by atoms with Crippen LogP contribution in [0.25, 0.3) is 0 Å². The monoisotopic (exact) mass is 432 g/mol. The van der Waals surface area contributed by atoms with E-state index in [1.807, 2.05) is 49.4 Å². The lowest BCUT2D eigenvalue weighted by Crippen LogP contribution is -2.53. The van der Waals surface area contributed by atoms with Crippen molar-refractivity contribution in [3.05, 3.63) is 65.2 Å². The van der Waals surface area contributed by atoms with Crippen molar-refractivity contribution in [3.63, 3.8) is 0 Å². The third-order valence-electron chi connectivity index (χ3n) is 6.85. The number of anilines is 1. The quantitative estimate of drug-likeness (QED) is 0.605. The number of nitrogens with two attached hydrogens (primary N) is 1. The number of nitrogens with one attached hydrogen (secondary N) is 2. The van der Waals surface area contributed by atoms with Gasteiger partial charge in [-0.25, -0.2) is 0 Å². The summed E-state index contributed by atoms with van der Waals surface area (Å²) in [6, 6.07) is 14.4. The van der Waals surface area contributed by atoms with E-state index in [0.717, 1.165) is 11.1 Å². The van der Waals surface area contributed by atoms with E-state index < -0.39 is 29.3 Å². The number of aryl methyl sites for hydroxylation is 1. The fourth-order valence-corrected chi connectivity index (χ4v) is 5.47. The molecule has 2 aromatic carbocycles. The van der Waals surface area contributed by atoms with Gasteiger partial charge in [0, 0.05) is 30.3 Å². The van der Waals surface area contributed by atoms with Crippen LogP contribution in [0.2, 0.25) is 0 Å².